The molecule has 0 unspecified atom stereocenters. The Bertz CT molecular complexity index is 480. The van der Waals surface area contributed by atoms with Crippen LogP contribution in [0.1, 0.15) is 56.6 Å². The highest BCUT2D eigenvalue weighted by atomic mass is 16.5. The van der Waals surface area contributed by atoms with Crippen molar-refractivity contribution in [3.8, 4) is 0 Å². The molecule has 1 amide bonds. The number of aryl methyl sites for hydroxylation is 1. The fourth-order valence-corrected chi connectivity index (χ4v) is 3.53. The van der Waals surface area contributed by atoms with E-state index in [1.807, 2.05) is 24.3 Å². The van der Waals surface area contributed by atoms with Gasteiger partial charge in [0.2, 0.25) is 5.91 Å². The molecule has 1 aliphatic carbocycles. The third kappa shape index (κ3) is 3.46. The molecule has 116 valence electrons. The highest BCUT2D eigenvalue weighted by molar-refractivity contribution is 5.78. The van der Waals surface area contributed by atoms with Gasteiger partial charge < -0.3 is 9.64 Å². The lowest BCUT2D eigenvalue weighted by Gasteiger charge is -2.26. The molecule has 2 aliphatic rings. The normalized spacial score (nSPS) is 23.7. The molecule has 0 bridgehead atoms. The van der Waals surface area contributed by atoms with Crippen molar-refractivity contribution >= 4 is 5.91 Å². The van der Waals surface area contributed by atoms with Crippen LogP contribution in [0, 0.1) is 0 Å². The van der Waals surface area contributed by atoms with Crippen LogP contribution in [0.2, 0.25) is 0 Å². The van der Waals surface area contributed by atoms with Crippen LogP contribution in [-0.4, -0.2) is 39.8 Å². The van der Waals surface area contributed by atoms with Crippen LogP contribution in [0.25, 0.3) is 0 Å². The first kappa shape index (κ1) is 14.6. The first-order valence-corrected chi connectivity index (χ1v) is 8.13. The van der Waals surface area contributed by atoms with Crippen LogP contribution < -0.4 is 0 Å². The number of ether oxygens (including phenoxy) is 1. The third-order valence-electron chi connectivity index (χ3n) is 4.68. The van der Waals surface area contributed by atoms with E-state index in [9.17, 15) is 4.79 Å². The van der Waals surface area contributed by atoms with Gasteiger partial charge in [0.15, 0.2) is 0 Å². The SMILES string of the molecule is Cn1cc([C@@H]2CCCN2C(=O)COC2CCCCC2)cn1. The van der Waals surface area contributed by atoms with Gasteiger partial charge in [-0.25, -0.2) is 0 Å². The largest absolute Gasteiger partial charge is 0.368 e. The summed E-state index contributed by atoms with van der Waals surface area (Å²) in [5, 5.41) is 4.22. The summed E-state index contributed by atoms with van der Waals surface area (Å²) in [6, 6.07) is 0.182. The number of likely N-dealkylation sites (tertiary alicyclic amines) is 1. The Hall–Kier alpha value is -1.36. The van der Waals surface area contributed by atoms with E-state index < -0.39 is 0 Å². The Morgan fingerprint density at radius 3 is 2.81 bits per heavy atom. The molecular formula is C16H25N3O2. The van der Waals surface area contributed by atoms with E-state index in [-0.39, 0.29) is 18.6 Å². The van der Waals surface area contributed by atoms with Gasteiger partial charge >= 0.3 is 0 Å². The van der Waals surface area contributed by atoms with E-state index in [4.69, 9.17) is 4.74 Å². The Morgan fingerprint density at radius 2 is 2.10 bits per heavy atom. The Morgan fingerprint density at radius 1 is 1.29 bits per heavy atom. The van der Waals surface area contributed by atoms with Gasteiger partial charge in [-0.05, 0) is 25.7 Å². The summed E-state index contributed by atoms with van der Waals surface area (Å²) in [7, 11) is 1.91. The molecule has 1 aromatic heterocycles. The molecule has 1 saturated carbocycles. The lowest BCUT2D eigenvalue weighted by atomic mass is 9.98. The van der Waals surface area contributed by atoms with Crippen LogP contribution in [-0.2, 0) is 16.6 Å². The number of carbonyl (C=O) groups excluding carboxylic acids is 1. The maximum absolute atomic E-state index is 12.5. The van der Waals surface area contributed by atoms with Crippen LogP contribution >= 0.6 is 0 Å². The van der Waals surface area contributed by atoms with Crippen molar-refractivity contribution in [3.05, 3.63) is 18.0 Å². The summed E-state index contributed by atoms with van der Waals surface area (Å²) in [6.07, 6.45) is 12.3. The topological polar surface area (TPSA) is 47.4 Å². The number of rotatable bonds is 4. The monoisotopic (exact) mass is 291 g/mol. The predicted octanol–water partition coefficient (Wildman–Crippen LogP) is 2.43. The molecule has 0 spiro atoms. The number of aromatic nitrogens is 2. The average Bonchev–Trinajstić information content (AvgIpc) is 3.14. The highest BCUT2D eigenvalue weighted by Gasteiger charge is 2.31. The van der Waals surface area contributed by atoms with Gasteiger partial charge in [0.05, 0.1) is 18.3 Å². The second-order valence-electron chi connectivity index (χ2n) is 6.26. The zero-order valence-corrected chi connectivity index (χ0v) is 12.8. The number of amides is 1. The minimum atomic E-state index is 0.131. The highest BCUT2D eigenvalue weighted by Crippen LogP contribution is 2.31. The Kier molecular flexibility index (Phi) is 4.58. The van der Waals surface area contributed by atoms with Crippen LogP contribution in [0.15, 0.2) is 12.4 Å². The van der Waals surface area contributed by atoms with Crippen molar-refractivity contribution in [3.63, 3.8) is 0 Å². The zero-order chi connectivity index (χ0) is 14.7. The van der Waals surface area contributed by atoms with Crippen molar-refractivity contribution in [2.75, 3.05) is 13.2 Å². The van der Waals surface area contributed by atoms with Crippen LogP contribution in [0.5, 0.6) is 0 Å². The quantitative estimate of drug-likeness (QED) is 0.856. The molecule has 0 N–H and O–H groups in total. The maximum atomic E-state index is 12.5. The third-order valence-corrected chi connectivity index (χ3v) is 4.68. The Balaban J connectivity index is 1.55. The van der Waals surface area contributed by atoms with Crippen molar-refractivity contribution in [1.29, 1.82) is 0 Å². The molecule has 21 heavy (non-hydrogen) atoms. The van der Waals surface area contributed by atoms with Gasteiger partial charge in [0.25, 0.3) is 0 Å². The number of nitrogens with zero attached hydrogens (tertiary/aromatic N) is 3. The number of carbonyl (C=O) groups is 1. The minimum Gasteiger partial charge on any atom is -0.368 e. The molecule has 2 heterocycles. The van der Waals surface area contributed by atoms with Gasteiger partial charge in [0, 0.05) is 25.4 Å². The van der Waals surface area contributed by atoms with Gasteiger partial charge in [-0.3, -0.25) is 9.48 Å². The lowest BCUT2D eigenvalue weighted by molar-refractivity contribution is -0.139. The van der Waals surface area contributed by atoms with E-state index in [2.05, 4.69) is 5.10 Å². The second kappa shape index (κ2) is 6.60. The van der Waals surface area contributed by atoms with E-state index in [1.54, 1.807) is 4.68 Å². The Labute approximate surface area is 126 Å². The molecule has 5 nitrogen and oxygen atoms in total. The van der Waals surface area contributed by atoms with Gasteiger partial charge in [-0.2, -0.15) is 5.10 Å². The predicted molar refractivity (Wildman–Crippen MR) is 79.7 cm³/mol. The van der Waals surface area contributed by atoms with Crippen molar-refractivity contribution in [2.45, 2.75) is 57.1 Å². The van der Waals surface area contributed by atoms with Gasteiger partial charge in [0.1, 0.15) is 6.61 Å². The molecule has 2 fully saturated rings. The smallest absolute Gasteiger partial charge is 0.249 e. The maximum Gasteiger partial charge on any atom is 0.249 e. The number of hydrogen-bond donors (Lipinski definition) is 0. The lowest BCUT2D eigenvalue weighted by Crippen LogP contribution is -2.35. The van der Waals surface area contributed by atoms with Crippen molar-refractivity contribution in [1.82, 2.24) is 14.7 Å². The summed E-state index contributed by atoms with van der Waals surface area (Å²) in [5.41, 5.74) is 1.14. The molecular weight excluding hydrogens is 266 g/mol. The molecule has 1 saturated heterocycles. The van der Waals surface area contributed by atoms with E-state index >= 15 is 0 Å². The molecule has 1 atom stereocenters. The number of hydrogen-bond acceptors (Lipinski definition) is 3. The van der Waals surface area contributed by atoms with Gasteiger partial charge in [-0.1, -0.05) is 19.3 Å². The summed E-state index contributed by atoms with van der Waals surface area (Å²) in [4.78, 5) is 14.4. The van der Waals surface area contributed by atoms with Crippen molar-refractivity contribution in [2.24, 2.45) is 7.05 Å². The minimum absolute atomic E-state index is 0.131. The summed E-state index contributed by atoms with van der Waals surface area (Å²) in [6.45, 7) is 1.08. The van der Waals surface area contributed by atoms with E-state index in [0.29, 0.717) is 6.10 Å². The fourth-order valence-electron chi connectivity index (χ4n) is 3.53. The molecule has 3 rings (SSSR count). The van der Waals surface area contributed by atoms with Crippen LogP contribution in [0.4, 0.5) is 0 Å². The first-order valence-electron chi connectivity index (χ1n) is 8.13. The van der Waals surface area contributed by atoms with Crippen molar-refractivity contribution < 1.29 is 9.53 Å². The summed E-state index contributed by atoms with van der Waals surface area (Å²) >= 11 is 0. The van der Waals surface area contributed by atoms with E-state index in [1.165, 1.54) is 19.3 Å². The molecule has 1 aromatic rings. The van der Waals surface area contributed by atoms with Crippen LogP contribution in [0.3, 0.4) is 0 Å². The second-order valence-corrected chi connectivity index (χ2v) is 6.26. The molecule has 0 aromatic carbocycles. The fraction of sp³-hybridized carbons (Fsp3) is 0.750. The molecule has 5 heteroatoms. The molecule has 1 aliphatic heterocycles. The average molecular weight is 291 g/mol. The first-order chi connectivity index (χ1) is 10.2. The molecule has 0 radical (unpaired) electrons. The standard InChI is InChI=1S/C16H25N3O2/c1-18-11-13(10-17-18)15-8-5-9-19(15)16(20)12-21-14-6-3-2-4-7-14/h10-11,14-15H,2-9,12H2,1H3/t15-/m0/s1. The summed E-state index contributed by atoms with van der Waals surface area (Å²) < 4.78 is 7.63. The zero-order valence-electron chi connectivity index (χ0n) is 12.8. The van der Waals surface area contributed by atoms with E-state index in [0.717, 1.165) is 37.8 Å². The van der Waals surface area contributed by atoms with Gasteiger partial charge in [-0.15, -0.1) is 0 Å². The summed E-state index contributed by atoms with van der Waals surface area (Å²) in [5.74, 6) is 0.131.